The molecule has 0 saturated heterocycles. The first-order chi connectivity index (χ1) is 13.4. The number of aliphatic hydroxyl groups is 2. The Hall–Kier alpha value is -3.11. The summed E-state index contributed by atoms with van der Waals surface area (Å²) in [4.78, 5) is 30.7. The van der Waals surface area contributed by atoms with Gasteiger partial charge in [-0.2, -0.15) is 4.98 Å². The lowest BCUT2D eigenvalue weighted by atomic mass is 10.2. The number of hydrogen-bond acceptors (Lipinski definition) is 7. The number of aliphatic hydroxyl groups excluding tert-OH is 2. The average Bonchev–Trinajstić information content (AvgIpc) is 3.02. The van der Waals surface area contributed by atoms with Gasteiger partial charge < -0.3 is 24.8 Å². The lowest BCUT2D eigenvalue weighted by Gasteiger charge is -2.16. The highest BCUT2D eigenvalue weighted by Gasteiger charge is 2.19. The second-order valence-corrected chi connectivity index (χ2v) is 6.42. The lowest BCUT2D eigenvalue weighted by molar-refractivity contribution is 0.0935. The van der Waals surface area contributed by atoms with Crippen LogP contribution < -0.4 is 21.3 Å². The van der Waals surface area contributed by atoms with Crippen molar-refractivity contribution in [2.75, 3.05) is 25.1 Å². The highest BCUT2D eigenvalue weighted by molar-refractivity contribution is 5.74. The van der Waals surface area contributed by atoms with E-state index in [-0.39, 0.29) is 43.4 Å². The van der Waals surface area contributed by atoms with Crippen LogP contribution in [0.5, 0.6) is 5.75 Å². The van der Waals surface area contributed by atoms with Gasteiger partial charge in [0.05, 0.1) is 13.2 Å². The highest BCUT2D eigenvalue weighted by Crippen LogP contribution is 2.18. The topological polar surface area (TPSA) is 134 Å². The van der Waals surface area contributed by atoms with Crippen molar-refractivity contribution >= 4 is 17.1 Å². The molecule has 3 rings (SSSR count). The molecule has 0 aliphatic carbocycles. The summed E-state index contributed by atoms with van der Waals surface area (Å²) in [6, 6.07) is 7.45. The van der Waals surface area contributed by atoms with Crippen molar-refractivity contribution in [2.45, 2.75) is 19.6 Å². The number of H-pyrrole nitrogens is 1. The normalized spacial score (nSPS) is 12.3. The van der Waals surface area contributed by atoms with Gasteiger partial charge in [0.2, 0.25) is 5.95 Å². The van der Waals surface area contributed by atoms with Crippen LogP contribution in [0.3, 0.4) is 0 Å². The molecule has 0 radical (unpaired) electrons. The zero-order chi connectivity index (χ0) is 20.3. The number of para-hydroxylation sites is 1. The fourth-order valence-corrected chi connectivity index (χ4v) is 2.88. The second-order valence-electron chi connectivity index (χ2n) is 6.42. The molecule has 10 nitrogen and oxygen atoms in total. The molecule has 1 aromatic carbocycles. The summed E-state index contributed by atoms with van der Waals surface area (Å²) < 4.78 is 8.37. The SMILES string of the molecule is Cc1ccccc1OCC(O)Cn1c(NCCO)nc2c1c(=O)[nH]c(=O)n2C. The summed E-state index contributed by atoms with van der Waals surface area (Å²) in [6.07, 6.45) is -0.941. The lowest BCUT2D eigenvalue weighted by Crippen LogP contribution is -2.31. The Morgan fingerprint density at radius 3 is 2.79 bits per heavy atom. The molecule has 0 bridgehead atoms. The van der Waals surface area contributed by atoms with Gasteiger partial charge in [0.25, 0.3) is 5.56 Å². The number of ether oxygens (including phenoxy) is 1. The van der Waals surface area contributed by atoms with Crippen molar-refractivity contribution in [3.8, 4) is 5.75 Å². The van der Waals surface area contributed by atoms with E-state index in [1.807, 2.05) is 31.2 Å². The Labute approximate surface area is 160 Å². The van der Waals surface area contributed by atoms with Crippen molar-refractivity contribution in [1.29, 1.82) is 0 Å². The first kappa shape index (κ1) is 19.6. The van der Waals surface area contributed by atoms with Gasteiger partial charge in [0.1, 0.15) is 18.5 Å². The zero-order valence-electron chi connectivity index (χ0n) is 15.7. The standard InChI is InChI=1S/C18H23N5O5/c1-11-5-3-4-6-13(11)28-10-12(25)9-23-14-15(20-17(23)19-7-8-24)22(2)18(27)21-16(14)26/h3-6,12,24-25H,7-10H2,1-2H3,(H,19,20)(H,21,26,27). The molecule has 0 aliphatic heterocycles. The molecule has 2 aromatic heterocycles. The van der Waals surface area contributed by atoms with Gasteiger partial charge in [-0.15, -0.1) is 0 Å². The molecule has 0 fully saturated rings. The van der Waals surface area contributed by atoms with E-state index in [9.17, 15) is 14.7 Å². The maximum absolute atomic E-state index is 12.3. The monoisotopic (exact) mass is 389 g/mol. The third-order valence-electron chi connectivity index (χ3n) is 4.32. The van der Waals surface area contributed by atoms with Gasteiger partial charge in [-0.1, -0.05) is 18.2 Å². The number of imidazole rings is 1. The summed E-state index contributed by atoms with van der Waals surface area (Å²) in [5, 5.41) is 22.4. The molecular formula is C18H23N5O5. The van der Waals surface area contributed by atoms with Crippen LogP contribution in [-0.4, -0.2) is 55.2 Å². The third kappa shape index (κ3) is 3.92. The maximum Gasteiger partial charge on any atom is 0.329 e. The molecule has 3 aromatic rings. The molecule has 2 heterocycles. The fourth-order valence-electron chi connectivity index (χ4n) is 2.88. The van der Waals surface area contributed by atoms with E-state index in [1.165, 1.54) is 16.2 Å². The van der Waals surface area contributed by atoms with Crippen molar-refractivity contribution in [1.82, 2.24) is 19.1 Å². The van der Waals surface area contributed by atoms with Crippen molar-refractivity contribution in [3.05, 3.63) is 50.7 Å². The molecule has 0 aliphatic rings. The zero-order valence-corrected chi connectivity index (χ0v) is 15.7. The highest BCUT2D eigenvalue weighted by atomic mass is 16.5. The summed E-state index contributed by atoms with van der Waals surface area (Å²) in [5.74, 6) is 0.932. The number of aromatic amines is 1. The minimum Gasteiger partial charge on any atom is -0.491 e. The minimum absolute atomic E-state index is 0.00757. The first-order valence-corrected chi connectivity index (χ1v) is 8.83. The van der Waals surface area contributed by atoms with Gasteiger partial charge in [-0.25, -0.2) is 4.79 Å². The molecule has 0 amide bonds. The molecule has 0 spiro atoms. The Bertz CT molecular complexity index is 1080. The van der Waals surface area contributed by atoms with Crippen LogP contribution in [0, 0.1) is 6.92 Å². The molecule has 0 saturated carbocycles. The minimum atomic E-state index is -0.941. The van der Waals surface area contributed by atoms with E-state index in [4.69, 9.17) is 9.84 Å². The number of benzene rings is 1. The van der Waals surface area contributed by atoms with Crippen LogP contribution in [0.2, 0.25) is 0 Å². The predicted molar refractivity (Wildman–Crippen MR) is 104 cm³/mol. The predicted octanol–water partition coefficient (Wildman–Crippen LogP) is -0.424. The number of rotatable bonds is 8. The Morgan fingerprint density at radius 2 is 2.07 bits per heavy atom. The molecule has 28 heavy (non-hydrogen) atoms. The first-order valence-electron chi connectivity index (χ1n) is 8.83. The molecule has 1 unspecified atom stereocenters. The van der Waals surface area contributed by atoms with E-state index in [0.717, 1.165) is 5.56 Å². The van der Waals surface area contributed by atoms with Gasteiger partial charge in [-0.3, -0.25) is 14.3 Å². The van der Waals surface area contributed by atoms with Crippen LogP contribution in [0.15, 0.2) is 33.9 Å². The molecule has 150 valence electrons. The number of hydrogen-bond donors (Lipinski definition) is 4. The average molecular weight is 389 g/mol. The van der Waals surface area contributed by atoms with Crippen molar-refractivity contribution in [3.63, 3.8) is 0 Å². The van der Waals surface area contributed by atoms with Crippen LogP contribution in [-0.2, 0) is 13.6 Å². The Balaban J connectivity index is 1.90. The number of nitrogens with one attached hydrogen (secondary N) is 2. The van der Waals surface area contributed by atoms with E-state index < -0.39 is 17.4 Å². The number of fused-ring (bicyclic) bond motifs is 1. The van der Waals surface area contributed by atoms with Crippen molar-refractivity contribution in [2.24, 2.45) is 7.05 Å². The second kappa shape index (κ2) is 8.28. The van der Waals surface area contributed by atoms with Crippen molar-refractivity contribution < 1.29 is 14.9 Å². The number of nitrogens with zero attached hydrogens (tertiary/aromatic N) is 3. The smallest absolute Gasteiger partial charge is 0.329 e. The summed E-state index contributed by atoms with van der Waals surface area (Å²) in [5.41, 5.74) is 0.0900. The van der Waals surface area contributed by atoms with Gasteiger partial charge in [0, 0.05) is 13.6 Å². The van der Waals surface area contributed by atoms with Crippen LogP contribution >= 0.6 is 0 Å². The van der Waals surface area contributed by atoms with Gasteiger partial charge in [-0.05, 0) is 18.6 Å². The number of anilines is 1. The van der Waals surface area contributed by atoms with Crippen LogP contribution in [0.25, 0.3) is 11.2 Å². The molecule has 4 N–H and O–H groups in total. The quantitative estimate of drug-likeness (QED) is 0.411. The van der Waals surface area contributed by atoms with Gasteiger partial charge in [0.15, 0.2) is 11.2 Å². The van der Waals surface area contributed by atoms with Gasteiger partial charge >= 0.3 is 5.69 Å². The Morgan fingerprint density at radius 1 is 1.32 bits per heavy atom. The van der Waals surface area contributed by atoms with E-state index in [1.54, 1.807) is 0 Å². The van der Waals surface area contributed by atoms with Crippen LogP contribution in [0.1, 0.15) is 5.56 Å². The molecule has 10 heteroatoms. The largest absolute Gasteiger partial charge is 0.491 e. The number of aromatic nitrogens is 4. The molecular weight excluding hydrogens is 366 g/mol. The Kier molecular flexibility index (Phi) is 5.81. The third-order valence-corrected chi connectivity index (χ3v) is 4.32. The van der Waals surface area contributed by atoms with E-state index in [0.29, 0.717) is 5.75 Å². The summed E-state index contributed by atoms with van der Waals surface area (Å²) in [6.45, 7) is 1.98. The van der Waals surface area contributed by atoms with E-state index >= 15 is 0 Å². The van der Waals surface area contributed by atoms with Crippen LogP contribution in [0.4, 0.5) is 5.95 Å². The maximum atomic E-state index is 12.3. The number of aryl methyl sites for hydroxylation is 2. The summed E-state index contributed by atoms with van der Waals surface area (Å²) in [7, 11) is 1.49. The van der Waals surface area contributed by atoms with E-state index in [2.05, 4.69) is 15.3 Å². The summed E-state index contributed by atoms with van der Waals surface area (Å²) >= 11 is 0. The fraction of sp³-hybridized carbons (Fsp3) is 0.389. The molecule has 1 atom stereocenters.